The van der Waals surface area contributed by atoms with Crippen LogP contribution in [0.2, 0.25) is 0 Å². The maximum Gasteiger partial charge on any atom is 0.435 e. The number of carbonyl (C=O) groups is 2. The zero-order valence-corrected chi connectivity index (χ0v) is 16.9. The van der Waals surface area contributed by atoms with E-state index in [1.54, 1.807) is 6.92 Å². The van der Waals surface area contributed by atoms with Crippen molar-refractivity contribution in [2.75, 3.05) is 6.61 Å². The minimum absolute atomic E-state index is 0.107. The smallest absolute Gasteiger partial charge is 0.435 e. The van der Waals surface area contributed by atoms with E-state index in [0.29, 0.717) is 17.7 Å². The zero-order chi connectivity index (χ0) is 22.1. The fourth-order valence-corrected chi connectivity index (χ4v) is 3.69. The van der Waals surface area contributed by atoms with E-state index >= 15 is 0 Å². The Labute approximate surface area is 174 Å². The van der Waals surface area contributed by atoms with Crippen molar-refractivity contribution in [2.24, 2.45) is 13.0 Å². The third-order valence-corrected chi connectivity index (χ3v) is 5.51. The number of benzene rings is 1. The molecule has 5 nitrogen and oxygen atoms in total. The van der Waals surface area contributed by atoms with Gasteiger partial charge in [0.25, 0.3) is 0 Å². The molecule has 0 spiro atoms. The largest absolute Gasteiger partial charge is 0.501 e. The first-order chi connectivity index (χ1) is 14.1. The summed E-state index contributed by atoms with van der Waals surface area (Å²) in [5.41, 5.74) is -2.54. The predicted octanol–water partition coefficient (Wildman–Crippen LogP) is 4.81. The van der Waals surface area contributed by atoms with E-state index < -0.39 is 40.4 Å². The molecule has 0 aliphatic heterocycles. The van der Waals surface area contributed by atoms with Gasteiger partial charge in [-0.25, -0.2) is 4.39 Å². The highest BCUT2D eigenvalue weighted by molar-refractivity contribution is 7.99. The van der Waals surface area contributed by atoms with Crippen molar-refractivity contribution in [3.63, 3.8) is 0 Å². The summed E-state index contributed by atoms with van der Waals surface area (Å²) in [5.74, 6) is -2.53. The minimum atomic E-state index is -4.91. The van der Waals surface area contributed by atoms with Crippen molar-refractivity contribution in [3.05, 3.63) is 53.2 Å². The number of rotatable bonds is 8. The molecule has 1 aromatic heterocycles. The summed E-state index contributed by atoms with van der Waals surface area (Å²) in [6.45, 7) is 1.77. The van der Waals surface area contributed by atoms with Gasteiger partial charge in [0.15, 0.2) is 11.5 Å². The van der Waals surface area contributed by atoms with E-state index in [1.807, 2.05) is 0 Å². The lowest BCUT2D eigenvalue weighted by Gasteiger charge is -2.10. The molecule has 160 valence electrons. The van der Waals surface area contributed by atoms with Gasteiger partial charge in [-0.15, -0.1) is 0 Å². The molecule has 10 heteroatoms. The molecule has 0 saturated heterocycles. The topological polar surface area (TPSA) is 61.2 Å². The standard InChI is InChI=1S/C20H18F4N2O3S/c1-3-29-10-14(16(27)11-4-5-11)17(28)15-18(20(22,23)24)25-26(2)19(15)30-13-8-6-12(21)7-9-13/h6-11H,3-5H2,1-2H3. The molecule has 0 unspecified atom stereocenters. The number of allylic oxidation sites excluding steroid dienone is 1. The Morgan fingerprint density at radius 1 is 1.27 bits per heavy atom. The van der Waals surface area contributed by atoms with Crippen LogP contribution in [0.15, 0.2) is 46.0 Å². The maximum absolute atomic E-state index is 13.7. The first-order valence-electron chi connectivity index (χ1n) is 9.11. The lowest BCUT2D eigenvalue weighted by molar-refractivity contribution is -0.141. The third kappa shape index (κ3) is 4.75. The molecule has 1 saturated carbocycles. The highest BCUT2D eigenvalue weighted by Crippen LogP contribution is 2.41. The molecule has 1 aliphatic rings. The van der Waals surface area contributed by atoms with Gasteiger partial charge in [-0.3, -0.25) is 14.3 Å². The number of Topliss-reactive ketones (excluding diaryl/α,β-unsaturated/α-hetero) is 2. The number of aryl methyl sites for hydroxylation is 1. The summed E-state index contributed by atoms with van der Waals surface area (Å²) in [4.78, 5) is 26.2. The Morgan fingerprint density at radius 2 is 1.90 bits per heavy atom. The molecule has 1 aliphatic carbocycles. The summed E-state index contributed by atoms with van der Waals surface area (Å²) in [6.07, 6.45) is -2.83. The van der Waals surface area contributed by atoms with E-state index in [-0.39, 0.29) is 17.6 Å². The van der Waals surface area contributed by atoms with Crippen molar-refractivity contribution >= 4 is 23.3 Å². The highest BCUT2D eigenvalue weighted by atomic mass is 32.2. The average Bonchev–Trinajstić information content (AvgIpc) is 3.47. The number of carbonyl (C=O) groups excluding carboxylic acids is 2. The van der Waals surface area contributed by atoms with Crippen molar-refractivity contribution in [1.29, 1.82) is 0 Å². The second-order valence-electron chi connectivity index (χ2n) is 6.66. The van der Waals surface area contributed by atoms with Gasteiger partial charge in [0.1, 0.15) is 16.4 Å². The van der Waals surface area contributed by atoms with E-state index in [4.69, 9.17) is 4.74 Å². The van der Waals surface area contributed by atoms with Crippen LogP contribution in [0, 0.1) is 11.7 Å². The Hall–Kier alpha value is -2.62. The van der Waals surface area contributed by atoms with Crippen molar-refractivity contribution in [1.82, 2.24) is 9.78 Å². The third-order valence-electron chi connectivity index (χ3n) is 4.34. The minimum Gasteiger partial charge on any atom is -0.501 e. The first kappa shape index (κ1) is 22.1. The van der Waals surface area contributed by atoms with Crippen LogP contribution in [0.5, 0.6) is 0 Å². The first-order valence-corrected chi connectivity index (χ1v) is 9.93. The fourth-order valence-electron chi connectivity index (χ4n) is 2.73. The predicted molar refractivity (Wildman–Crippen MR) is 101 cm³/mol. The summed E-state index contributed by atoms with van der Waals surface area (Å²) in [7, 11) is 1.27. The Morgan fingerprint density at radius 3 is 2.43 bits per heavy atom. The second kappa shape index (κ2) is 8.63. The van der Waals surface area contributed by atoms with Crippen LogP contribution >= 0.6 is 11.8 Å². The van der Waals surface area contributed by atoms with E-state index in [9.17, 15) is 27.2 Å². The number of alkyl halides is 3. The summed E-state index contributed by atoms with van der Waals surface area (Å²) in [6, 6.07) is 5.06. The number of hydrogen-bond acceptors (Lipinski definition) is 5. The maximum atomic E-state index is 13.7. The van der Waals surface area contributed by atoms with Crippen LogP contribution in [0.1, 0.15) is 35.8 Å². The highest BCUT2D eigenvalue weighted by Gasteiger charge is 2.44. The number of aromatic nitrogens is 2. The van der Waals surface area contributed by atoms with Crippen LogP contribution in [0.3, 0.4) is 0 Å². The molecule has 1 fully saturated rings. The molecular weight excluding hydrogens is 424 g/mol. The van der Waals surface area contributed by atoms with E-state index in [0.717, 1.165) is 34.8 Å². The molecule has 0 amide bonds. The van der Waals surface area contributed by atoms with Crippen LogP contribution in [0.25, 0.3) is 0 Å². The van der Waals surface area contributed by atoms with Gasteiger partial charge in [-0.05, 0) is 44.0 Å². The molecule has 1 heterocycles. The molecular formula is C20H18F4N2O3S. The molecule has 0 N–H and O–H groups in total. The lowest BCUT2D eigenvalue weighted by atomic mass is 9.98. The lowest BCUT2D eigenvalue weighted by Crippen LogP contribution is -2.19. The number of hydrogen-bond donors (Lipinski definition) is 0. The van der Waals surface area contributed by atoms with Crippen LogP contribution < -0.4 is 0 Å². The molecule has 2 aromatic rings. The van der Waals surface area contributed by atoms with Crippen LogP contribution in [0.4, 0.5) is 17.6 Å². The van der Waals surface area contributed by atoms with Crippen molar-refractivity contribution in [3.8, 4) is 0 Å². The van der Waals surface area contributed by atoms with Gasteiger partial charge in [0, 0.05) is 17.9 Å². The number of nitrogens with zero attached hydrogens (tertiary/aromatic N) is 2. The summed E-state index contributed by atoms with van der Waals surface area (Å²) >= 11 is 0.825. The number of halogens is 4. The normalized spacial score (nSPS) is 14.7. The van der Waals surface area contributed by atoms with Crippen LogP contribution in [-0.4, -0.2) is 28.0 Å². The Balaban J connectivity index is 2.10. The van der Waals surface area contributed by atoms with Gasteiger partial charge in [0.2, 0.25) is 5.78 Å². The van der Waals surface area contributed by atoms with Crippen LogP contribution in [-0.2, 0) is 22.8 Å². The average molecular weight is 442 g/mol. The van der Waals surface area contributed by atoms with Crippen molar-refractivity contribution < 1.29 is 31.9 Å². The Bertz CT molecular complexity index is 993. The summed E-state index contributed by atoms with van der Waals surface area (Å²) < 4.78 is 60.2. The zero-order valence-electron chi connectivity index (χ0n) is 16.1. The number of ketones is 2. The molecule has 0 atom stereocenters. The molecule has 0 radical (unpaired) electrons. The van der Waals surface area contributed by atoms with Gasteiger partial charge >= 0.3 is 6.18 Å². The van der Waals surface area contributed by atoms with Gasteiger partial charge in [-0.1, -0.05) is 11.8 Å². The van der Waals surface area contributed by atoms with E-state index in [1.165, 1.54) is 19.2 Å². The van der Waals surface area contributed by atoms with E-state index in [2.05, 4.69) is 5.10 Å². The molecule has 30 heavy (non-hydrogen) atoms. The van der Waals surface area contributed by atoms with Gasteiger partial charge in [0.05, 0.1) is 18.4 Å². The van der Waals surface area contributed by atoms with Gasteiger partial charge in [-0.2, -0.15) is 18.3 Å². The number of ether oxygens (including phenoxy) is 1. The van der Waals surface area contributed by atoms with Gasteiger partial charge < -0.3 is 4.74 Å². The Kier molecular flexibility index (Phi) is 6.35. The quantitative estimate of drug-likeness (QED) is 0.147. The second-order valence-corrected chi connectivity index (χ2v) is 7.72. The fraction of sp³-hybridized carbons (Fsp3) is 0.350. The molecule has 3 rings (SSSR count). The monoisotopic (exact) mass is 442 g/mol. The molecule has 1 aromatic carbocycles. The van der Waals surface area contributed by atoms with Crippen molar-refractivity contribution in [2.45, 2.75) is 35.9 Å². The molecule has 0 bridgehead atoms. The SMILES string of the molecule is CCOC=C(C(=O)c1c(C(F)(F)F)nn(C)c1Sc1ccc(F)cc1)C(=O)C1CC1. The summed E-state index contributed by atoms with van der Waals surface area (Å²) in [5, 5.41) is 3.39.